The molecule has 10 nitrogen and oxygen atoms in total. The quantitative estimate of drug-likeness (QED) is 0.484. The molecule has 1 aliphatic rings. The van der Waals surface area contributed by atoms with Crippen LogP contribution in [-0.4, -0.2) is 47.3 Å². The second kappa shape index (κ2) is 9.99. The Morgan fingerprint density at radius 2 is 2.03 bits per heavy atom. The molecule has 4 heterocycles. The summed E-state index contributed by atoms with van der Waals surface area (Å²) in [6.07, 6.45) is 2.44. The molecule has 0 bridgehead atoms. The van der Waals surface area contributed by atoms with Crippen molar-refractivity contribution in [3.8, 4) is 0 Å². The standard InChI is InChI=1S/C22H25FN4O6S2/c1-12(2)35(31,32)16-11-34-19-18(16)26-22(30)27(21(19)29)15(9-13-5-7-33-8-6-13)20(28)25-17-4-3-14(23)10-24-17/h3-4,10-13,15H,5-9H2,1-2H3,(H,26,30)(H,24,25,28). The van der Waals surface area contributed by atoms with Crippen LogP contribution in [0.5, 0.6) is 0 Å². The number of ether oxygens (including phenoxy) is 1. The zero-order valence-electron chi connectivity index (χ0n) is 19.1. The second-order valence-electron chi connectivity index (χ2n) is 8.66. The monoisotopic (exact) mass is 524 g/mol. The fourth-order valence-electron chi connectivity index (χ4n) is 4.02. The van der Waals surface area contributed by atoms with Gasteiger partial charge >= 0.3 is 5.69 Å². The lowest BCUT2D eigenvalue weighted by atomic mass is 9.92. The Labute approximate surface area is 204 Å². The lowest BCUT2D eigenvalue weighted by Gasteiger charge is -2.26. The zero-order valence-corrected chi connectivity index (χ0v) is 20.7. The first kappa shape index (κ1) is 25.2. The second-order valence-corrected chi connectivity index (χ2v) is 12.0. The molecule has 1 aliphatic heterocycles. The molecular weight excluding hydrogens is 499 g/mol. The third kappa shape index (κ3) is 5.07. The van der Waals surface area contributed by atoms with Crippen molar-refractivity contribution in [2.45, 2.75) is 49.3 Å². The summed E-state index contributed by atoms with van der Waals surface area (Å²) in [5.74, 6) is -1.15. The number of amides is 1. The first-order valence-corrected chi connectivity index (χ1v) is 13.5. The molecule has 4 rings (SSSR count). The van der Waals surface area contributed by atoms with Gasteiger partial charge in [-0.2, -0.15) is 0 Å². The van der Waals surface area contributed by atoms with Crippen molar-refractivity contribution in [1.29, 1.82) is 0 Å². The Kier molecular flexibility index (Phi) is 7.20. The van der Waals surface area contributed by atoms with Gasteiger partial charge in [-0.15, -0.1) is 11.3 Å². The topological polar surface area (TPSA) is 140 Å². The molecule has 1 unspecified atom stereocenters. The van der Waals surface area contributed by atoms with E-state index in [1.54, 1.807) is 0 Å². The Morgan fingerprint density at radius 1 is 1.31 bits per heavy atom. The minimum absolute atomic E-state index is 0.0166. The molecular formula is C22H25FN4O6S2. The van der Waals surface area contributed by atoms with E-state index in [2.05, 4.69) is 15.3 Å². The van der Waals surface area contributed by atoms with Gasteiger partial charge in [0.15, 0.2) is 9.84 Å². The van der Waals surface area contributed by atoms with E-state index in [0.717, 1.165) is 28.2 Å². The molecule has 1 atom stereocenters. The number of pyridine rings is 1. The number of sulfone groups is 1. The van der Waals surface area contributed by atoms with E-state index >= 15 is 0 Å². The lowest BCUT2D eigenvalue weighted by Crippen LogP contribution is -2.43. The maximum atomic E-state index is 13.4. The van der Waals surface area contributed by atoms with Crippen LogP contribution in [-0.2, 0) is 19.4 Å². The van der Waals surface area contributed by atoms with Crippen LogP contribution >= 0.6 is 11.3 Å². The average Bonchev–Trinajstić information content (AvgIpc) is 3.25. The number of aromatic amines is 1. The molecule has 1 saturated heterocycles. The van der Waals surface area contributed by atoms with Crippen molar-refractivity contribution in [2.24, 2.45) is 5.92 Å². The van der Waals surface area contributed by atoms with E-state index < -0.39 is 44.1 Å². The van der Waals surface area contributed by atoms with Gasteiger partial charge in [0, 0.05) is 18.6 Å². The lowest BCUT2D eigenvalue weighted by molar-refractivity contribution is -0.120. The number of nitrogens with one attached hydrogen (secondary N) is 2. The summed E-state index contributed by atoms with van der Waals surface area (Å²) in [4.78, 5) is 46.1. The van der Waals surface area contributed by atoms with Crippen LogP contribution in [0.25, 0.3) is 10.2 Å². The summed E-state index contributed by atoms with van der Waals surface area (Å²) in [5.41, 5.74) is -1.70. The average molecular weight is 525 g/mol. The van der Waals surface area contributed by atoms with E-state index in [-0.39, 0.29) is 33.3 Å². The summed E-state index contributed by atoms with van der Waals surface area (Å²) in [7, 11) is -3.75. The number of aromatic nitrogens is 3. The Balaban J connectivity index is 1.79. The smallest absolute Gasteiger partial charge is 0.329 e. The molecule has 3 aromatic rings. The van der Waals surface area contributed by atoms with Gasteiger partial charge in [0.05, 0.1) is 17.0 Å². The SMILES string of the molecule is CC(C)S(=O)(=O)c1csc2c(=O)n(C(CC3CCOCC3)C(=O)Nc3ccc(F)cn3)c(=O)[nH]c12. The maximum absolute atomic E-state index is 13.4. The maximum Gasteiger partial charge on any atom is 0.329 e. The summed E-state index contributed by atoms with van der Waals surface area (Å²) >= 11 is 0.900. The van der Waals surface area contributed by atoms with Crippen LogP contribution in [0.3, 0.4) is 0 Å². The van der Waals surface area contributed by atoms with Gasteiger partial charge in [-0.1, -0.05) is 0 Å². The molecule has 35 heavy (non-hydrogen) atoms. The molecule has 0 spiro atoms. The van der Waals surface area contributed by atoms with Gasteiger partial charge in [-0.25, -0.2) is 27.2 Å². The summed E-state index contributed by atoms with van der Waals surface area (Å²) in [6.45, 7) is 4.03. The fourth-order valence-corrected chi connectivity index (χ4v) is 6.53. The number of nitrogens with zero attached hydrogens (tertiary/aromatic N) is 2. The molecule has 2 N–H and O–H groups in total. The van der Waals surface area contributed by atoms with E-state index in [4.69, 9.17) is 4.74 Å². The number of anilines is 1. The highest BCUT2D eigenvalue weighted by Gasteiger charge is 2.31. The Bertz CT molecular complexity index is 1450. The van der Waals surface area contributed by atoms with Crippen molar-refractivity contribution in [3.63, 3.8) is 0 Å². The number of carbonyl (C=O) groups excluding carboxylic acids is 1. The molecule has 0 radical (unpaired) electrons. The third-order valence-electron chi connectivity index (χ3n) is 6.04. The van der Waals surface area contributed by atoms with Gasteiger partial charge in [0.2, 0.25) is 5.91 Å². The van der Waals surface area contributed by atoms with E-state index in [1.165, 1.54) is 25.3 Å². The van der Waals surface area contributed by atoms with E-state index in [1.807, 2.05) is 0 Å². The van der Waals surface area contributed by atoms with Crippen LogP contribution < -0.4 is 16.6 Å². The molecule has 0 aromatic carbocycles. The van der Waals surface area contributed by atoms with Gasteiger partial charge < -0.3 is 15.0 Å². The first-order chi connectivity index (χ1) is 16.6. The predicted octanol–water partition coefficient (Wildman–Crippen LogP) is 2.46. The fraction of sp³-hybridized carbons (Fsp3) is 0.455. The van der Waals surface area contributed by atoms with Crippen LogP contribution in [0.15, 0.2) is 38.2 Å². The number of fused-ring (bicyclic) bond motifs is 1. The highest BCUT2D eigenvalue weighted by molar-refractivity contribution is 7.92. The summed E-state index contributed by atoms with van der Waals surface area (Å²) < 4.78 is 44.9. The summed E-state index contributed by atoms with van der Waals surface area (Å²) in [5, 5.41) is 3.13. The van der Waals surface area contributed by atoms with Crippen molar-refractivity contribution in [2.75, 3.05) is 18.5 Å². The molecule has 3 aromatic heterocycles. The summed E-state index contributed by atoms with van der Waals surface area (Å²) in [6, 6.07) is 1.21. The number of hydrogen-bond donors (Lipinski definition) is 2. The normalized spacial score (nSPS) is 16.0. The third-order valence-corrected chi connectivity index (χ3v) is 9.33. The molecule has 0 aliphatic carbocycles. The van der Waals surface area contributed by atoms with Gasteiger partial charge in [-0.05, 0) is 51.2 Å². The van der Waals surface area contributed by atoms with Gasteiger partial charge in [0.25, 0.3) is 5.56 Å². The van der Waals surface area contributed by atoms with Crippen LogP contribution in [0, 0.1) is 11.7 Å². The van der Waals surface area contributed by atoms with Gasteiger partial charge in [0.1, 0.15) is 27.3 Å². The van der Waals surface area contributed by atoms with Crippen molar-refractivity contribution < 1.29 is 22.3 Å². The van der Waals surface area contributed by atoms with Crippen LogP contribution in [0.2, 0.25) is 0 Å². The molecule has 188 valence electrons. The minimum atomic E-state index is -3.75. The Hall–Kier alpha value is -2.90. The zero-order chi connectivity index (χ0) is 25.3. The number of halogens is 1. The highest BCUT2D eigenvalue weighted by Crippen LogP contribution is 2.29. The highest BCUT2D eigenvalue weighted by atomic mass is 32.2. The number of carbonyl (C=O) groups is 1. The van der Waals surface area contributed by atoms with Crippen molar-refractivity contribution in [3.05, 3.63) is 50.4 Å². The van der Waals surface area contributed by atoms with Crippen LogP contribution in [0.1, 0.15) is 39.2 Å². The van der Waals surface area contributed by atoms with Crippen LogP contribution in [0.4, 0.5) is 10.2 Å². The van der Waals surface area contributed by atoms with E-state index in [0.29, 0.717) is 26.1 Å². The number of rotatable bonds is 7. The number of H-pyrrole nitrogens is 1. The van der Waals surface area contributed by atoms with Gasteiger partial charge in [-0.3, -0.25) is 9.59 Å². The molecule has 13 heteroatoms. The largest absolute Gasteiger partial charge is 0.381 e. The number of thiophene rings is 1. The molecule has 1 amide bonds. The number of hydrogen-bond acceptors (Lipinski definition) is 8. The predicted molar refractivity (Wildman–Crippen MR) is 129 cm³/mol. The Morgan fingerprint density at radius 3 is 2.66 bits per heavy atom. The first-order valence-electron chi connectivity index (χ1n) is 11.1. The molecule has 0 saturated carbocycles. The molecule has 1 fully saturated rings. The minimum Gasteiger partial charge on any atom is -0.381 e. The van der Waals surface area contributed by atoms with Crippen molar-refractivity contribution in [1.82, 2.24) is 14.5 Å². The van der Waals surface area contributed by atoms with E-state index in [9.17, 15) is 27.2 Å². The van der Waals surface area contributed by atoms with Crippen molar-refractivity contribution >= 4 is 43.1 Å².